The number of non-ortho nitro benzene ring substituents is 1. The minimum Gasteiger partial charge on any atom is -0.385 e. The zero-order chi connectivity index (χ0) is 14.4. The molecule has 1 fully saturated rings. The zero-order valence-electron chi connectivity index (χ0n) is 11.8. The number of hydrogen-bond donors (Lipinski definition) is 1. The van der Waals surface area contributed by atoms with Crippen molar-refractivity contribution in [2.24, 2.45) is 0 Å². The summed E-state index contributed by atoms with van der Waals surface area (Å²) in [6, 6.07) is 5.02. The molecule has 0 aromatic heterocycles. The van der Waals surface area contributed by atoms with Crippen LogP contribution in [0.2, 0.25) is 0 Å². The predicted molar refractivity (Wildman–Crippen MR) is 78.0 cm³/mol. The Morgan fingerprint density at radius 3 is 3.00 bits per heavy atom. The summed E-state index contributed by atoms with van der Waals surface area (Å²) in [4.78, 5) is 12.9. The highest BCUT2D eigenvalue weighted by molar-refractivity contribution is 5.56. The molecule has 20 heavy (non-hydrogen) atoms. The maximum atomic E-state index is 10.9. The maximum Gasteiger partial charge on any atom is 0.269 e. The quantitative estimate of drug-likeness (QED) is 0.661. The van der Waals surface area contributed by atoms with E-state index in [4.69, 9.17) is 4.74 Å². The monoisotopic (exact) mass is 279 g/mol. The first-order chi connectivity index (χ1) is 9.70. The zero-order valence-corrected chi connectivity index (χ0v) is 11.8. The van der Waals surface area contributed by atoms with Crippen LogP contribution in [0.4, 0.5) is 11.4 Å². The van der Waals surface area contributed by atoms with Gasteiger partial charge in [-0.05, 0) is 25.0 Å². The molecule has 0 amide bonds. The maximum absolute atomic E-state index is 10.9. The average Bonchev–Trinajstić information content (AvgIpc) is 2.69. The van der Waals surface area contributed by atoms with Crippen LogP contribution in [-0.2, 0) is 11.3 Å². The molecular formula is C14H21N3O3. The van der Waals surface area contributed by atoms with Gasteiger partial charge in [0.15, 0.2) is 0 Å². The molecule has 1 aliphatic heterocycles. The highest BCUT2D eigenvalue weighted by atomic mass is 16.6. The number of anilines is 1. The highest BCUT2D eigenvalue weighted by Gasteiger charge is 2.15. The number of hydrogen-bond acceptors (Lipinski definition) is 5. The average molecular weight is 279 g/mol. The molecule has 6 heteroatoms. The molecule has 1 aliphatic rings. The van der Waals surface area contributed by atoms with Gasteiger partial charge in [0.2, 0.25) is 0 Å². The third-order valence-corrected chi connectivity index (χ3v) is 3.38. The number of ether oxygens (including phenoxy) is 1. The molecule has 6 nitrogen and oxygen atoms in total. The summed E-state index contributed by atoms with van der Waals surface area (Å²) in [5, 5.41) is 14.2. The van der Waals surface area contributed by atoms with Crippen molar-refractivity contribution in [2.45, 2.75) is 19.9 Å². The van der Waals surface area contributed by atoms with Gasteiger partial charge in [-0.15, -0.1) is 0 Å². The molecule has 110 valence electrons. The fraction of sp³-hybridized carbons (Fsp3) is 0.571. The number of nitro benzene ring substituents is 1. The van der Waals surface area contributed by atoms with Gasteiger partial charge in [-0.25, -0.2) is 0 Å². The Bertz CT molecular complexity index is 457. The van der Waals surface area contributed by atoms with Crippen molar-refractivity contribution in [3.05, 3.63) is 33.9 Å². The molecule has 0 unspecified atom stereocenters. The number of rotatable bonds is 5. The van der Waals surface area contributed by atoms with Crippen LogP contribution in [0.3, 0.4) is 0 Å². The summed E-state index contributed by atoms with van der Waals surface area (Å²) in [7, 11) is 0. The van der Waals surface area contributed by atoms with Gasteiger partial charge in [-0.1, -0.05) is 0 Å². The molecule has 0 radical (unpaired) electrons. The van der Waals surface area contributed by atoms with E-state index in [1.807, 2.05) is 6.92 Å². The minimum atomic E-state index is -0.342. The summed E-state index contributed by atoms with van der Waals surface area (Å²) >= 11 is 0. The van der Waals surface area contributed by atoms with Crippen LogP contribution in [0.5, 0.6) is 0 Å². The van der Waals surface area contributed by atoms with Crippen molar-refractivity contribution >= 4 is 11.4 Å². The Labute approximate surface area is 118 Å². The van der Waals surface area contributed by atoms with Crippen molar-refractivity contribution in [1.29, 1.82) is 0 Å². The van der Waals surface area contributed by atoms with Gasteiger partial charge in [0.05, 0.1) is 11.5 Å². The molecule has 1 heterocycles. The molecule has 1 saturated heterocycles. The lowest BCUT2D eigenvalue weighted by molar-refractivity contribution is -0.384. The van der Waals surface area contributed by atoms with Gasteiger partial charge in [-0.3, -0.25) is 15.0 Å². The van der Waals surface area contributed by atoms with Gasteiger partial charge in [0.1, 0.15) is 0 Å². The van der Waals surface area contributed by atoms with Crippen molar-refractivity contribution in [3.8, 4) is 0 Å². The van der Waals surface area contributed by atoms with Gasteiger partial charge in [0, 0.05) is 50.6 Å². The first-order valence-corrected chi connectivity index (χ1v) is 7.02. The first-order valence-electron chi connectivity index (χ1n) is 7.02. The SMILES string of the molecule is CCNc1ccc([N+](=O)[O-])cc1CN1CCCOCC1. The van der Waals surface area contributed by atoms with E-state index in [2.05, 4.69) is 10.2 Å². The van der Waals surface area contributed by atoms with E-state index in [1.54, 1.807) is 18.2 Å². The van der Waals surface area contributed by atoms with E-state index in [-0.39, 0.29) is 10.6 Å². The normalized spacial score (nSPS) is 16.6. The molecule has 0 aliphatic carbocycles. The highest BCUT2D eigenvalue weighted by Crippen LogP contribution is 2.24. The second kappa shape index (κ2) is 7.21. The third kappa shape index (κ3) is 3.91. The molecule has 1 aromatic rings. The van der Waals surface area contributed by atoms with Crippen LogP contribution < -0.4 is 5.32 Å². The Hall–Kier alpha value is -1.66. The number of nitrogens with one attached hydrogen (secondary N) is 1. The van der Waals surface area contributed by atoms with Crippen molar-refractivity contribution in [2.75, 3.05) is 38.2 Å². The van der Waals surface area contributed by atoms with Gasteiger partial charge < -0.3 is 10.1 Å². The lowest BCUT2D eigenvalue weighted by atomic mass is 10.1. The lowest BCUT2D eigenvalue weighted by Gasteiger charge is -2.21. The van der Waals surface area contributed by atoms with Crippen LogP contribution in [0, 0.1) is 10.1 Å². The van der Waals surface area contributed by atoms with Crippen LogP contribution in [0.1, 0.15) is 18.9 Å². The second-order valence-electron chi connectivity index (χ2n) is 4.87. The van der Waals surface area contributed by atoms with E-state index >= 15 is 0 Å². The molecule has 0 saturated carbocycles. The molecule has 1 N–H and O–H groups in total. The summed E-state index contributed by atoms with van der Waals surface area (Å²) in [6.07, 6.45) is 1.01. The standard InChI is InChI=1S/C14H21N3O3/c1-2-15-14-5-4-13(17(18)19)10-12(14)11-16-6-3-8-20-9-7-16/h4-5,10,15H,2-3,6-9,11H2,1H3. The van der Waals surface area contributed by atoms with Crippen LogP contribution >= 0.6 is 0 Å². The Kier molecular flexibility index (Phi) is 5.31. The fourth-order valence-corrected chi connectivity index (χ4v) is 2.38. The molecule has 1 aromatic carbocycles. The van der Waals surface area contributed by atoms with Crippen LogP contribution in [0.25, 0.3) is 0 Å². The summed E-state index contributed by atoms with van der Waals surface area (Å²) in [5.74, 6) is 0. The minimum absolute atomic E-state index is 0.146. The van der Waals surface area contributed by atoms with Gasteiger partial charge >= 0.3 is 0 Å². The van der Waals surface area contributed by atoms with Crippen LogP contribution in [-0.4, -0.2) is 42.7 Å². The molecule has 0 spiro atoms. The van der Waals surface area contributed by atoms with Gasteiger partial charge in [-0.2, -0.15) is 0 Å². The van der Waals surface area contributed by atoms with E-state index < -0.39 is 0 Å². The third-order valence-electron chi connectivity index (χ3n) is 3.38. The van der Waals surface area contributed by atoms with Crippen LogP contribution in [0.15, 0.2) is 18.2 Å². The summed E-state index contributed by atoms with van der Waals surface area (Å²) in [6.45, 7) is 6.89. The largest absolute Gasteiger partial charge is 0.385 e. The van der Waals surface area contributed by atoms with E-state index in [1.165, 1.54) is 0 Å². The molecule has 2 rings (SSSR count). The first kappa shape index (κ1) is 14.7. The Morgan fingerprint density at radius 1 is 1.40 bits per heavy atom. The Balaban J connectivity index is 2.17. The topological polar surface area (TPSA) is 67.6 Å². The van der Waals surface area contributed by atoms with Crippen molar-refractivity contribution in [1.82, 2.24) is 4.90 Å². The predicted octanol–water partition coefficient (Wildman–Crippen LogP) is 2.25. The second-order valence-corrected chi connectivity index (χ2v) is 4.87. The van der Waals surface area contributed by atoms with E-state index in [9.17, 15) is 10.1 Å². The van der Waals surface area contributed by atoms with Crippen molar-refractivity contribution < 1.29 is 9.66 Å². The van der Waals surface area contributed by atoms with E-state index in [0.717, 1.165) is 50.5 Å². The smallest absolute Gasteiger partial charge is 0.269 e. The summed E-state index contributed by atoms with van der Waals surface area (Å²) < 4.78 is 5.44. The van der Waals surface area contributed by atoms with Crippen molar-refractivity contribution in [3.63, 3.8) is 0 Å². The number of nitro groups is 1. The van der Waals surface area contributed by atoms with E-state index in [0.29, 0.717) is 6.54 Å². The molecular weight excluding hydrogens is 258 g/mol. The number of benzene rings is 1. The summed E-state index contributed by atoms with van der Waals surface area (Å²) in [5.41, 5.74) is 2.10. The number of nitrogens with zero attached hydrogens (tertiary/aromatic N) is 2. The molecule has 0 bridgehead atoms. The fourth-order valence-electron chi connectivity index (χ4n) is 2.38. The molecule has 0 atom stereocenters. The van der Waals surface area contributed by atoms with Gasteiger partial charge in [0.25, 0.3) is 5.69 Å². The lowest BCUT2D eigenvalue weighted by Crippen LogP contribution is -2.26. The Morgan fingerprint density at radius 2 is 2.25 bits per heavy atom.